The number of likely N-dealkylation sites (N-methyl/N-ethyl adjacent to an activating group) is 2. The van der Waals surface area contributed by atoms with Gasteiger partial charge in [0.15, 0.2) is 0 Å². The first-order chi connectivity index (χ1) is 8.27. The predicted octanol–water partition coefficient (Wildman–Crippen LogP) is -0.102. The van der Waals surface area contributed by atoms with E-state index in [-0.39, 0.29) is 11.9 Å². The van der Waals surface area contributed by atoms with Crippen molar-refractivity contribution in [3.8, 4) is 0 Å². The van der Waals surface area contributed by atoms with Gasteiger partial charge in [0, 0.05) is 19.1 Å². The number of hydrogen-bond acceptors (Lipinski definition) is 4. The molecule has 1 fully saturated rings. The van der Waals surface area contributed by atoms with Gasteiger partial charge in [-0.2, -0.15) is 0 Å². The number of nitrogens with one attached hydrogen (secondary N) is 1. The summed E-state index contributed by atoms with van der Waals surface area (Å²) in [6.07, 6.45) is 0.280. The Balaban J connectivity index is 2.76. The molecule has 0 aliphatic carbocycles. The molecule has 1 saturated heterocycles. The number of β-amino-alcohol motifs (C(OH)–C–C–N with tert-alkyl or cyclic N) is 1. The molecule has 0 spiro atoms. The summed E-state index contributed by atoms with van der Waals surface area (Å²) < 4.78 is 0. The molecule has 18 heavy (non-hydrogen) atoms. The lowest BCUT2D eigenvalue weighted by molar-refractivity contribution is -0.138. The van der Waals surface area contributed by atoms with Crippen LogP contribution in [0.4, 0.5) is 0 Å². The van der Waals surface area contributed by atoms with Crippen molar-refractivity contribution in [1.29, 1.82) is 0 Å². The zero-order valence-electron chi connectivity index (χ0n) is 12.2. The highest BCUT2D eigenvalue weighted by molar-refractivity contribution is 5.86. The first-order valence-electron chi connectivity index (χ1n) is 6.66. The first kappa shape index (κ1) is 15.4. The van der Waals surface area contributed by atoms with Crippen LogP contribution in [0.1, 0.15) is 27.2 Å². The highest BCUT2D eigenvalue weighted by atomic mass is 16.3. The van der Waals surface area contributed by atoms with Crippen LogP contribution >= 0.6 is 0 Å². The molecule has 1 aliphatic heterocycles. The van der Waals surface area contributed by atoms with Crippen molar-refractivity contribution in [3.63, 3.8) is 0 Å². The van der Waals surface area contributed by atoms with Crippen LogP contribution in [0.25, 0.3) is 0 Å². The Labute approximate surface area is 110 Å². The molecule has 2 atom stereocenters. The van der Waals surface area contributed by atoms with Crippen LogP contribution in [0.2, 0.25) is 0 Å². The van der Waals surface area contributed by atoms with E-state index >= 15 is 0 Å². The number of carbonyl (C=O) groups excluding carboxylic acids is 1. The summed E-state index contributed by atoms with van der Waals surface area (Å²) in [5.41, 5.74) is -0.566. The maximum atomic E-state index is 12.5. The van der Waals surface area contributed by atoms with E-state index in [2.05, 4.69) is 10.2 Å². The molecule has 5 heteroatoms. The minimum Gasteiger partial charge on any atom is -0.391 e. The summed E-state index contributed by atoms with van der Waals surface area (Å²) in [6, 6.07) is 0.112. The van der Waals surface area contributed by atoms with Gasteiger partial charge in [0.1, 0.15) is 0 Å². The molecule has 1 amide bonds. The lowest BCUT2D eigenvalue weighted by Gasteiger charge is -2.34. The van der Waals surface area contributed by atoms with Gasteiger partial charge in [-0.25, -0.2) is 0 Å². The van der Waals surface area contributed by atoms with Crippen molar-refractivity contribution in [3.05, 3.63) is 0 Å². The van der Waals surface area contributed by atoms with Gasteiger partial charge in [-0.15, -0.1) is 0 Å². The summed E-state index contributed by atoms with van der Waals surface area (Å²) in [4.78, 5) is 16.4. The Kier molecular flexibility index (Phi) is 5.13. The second-order valence-corrected chi connectivity index (χ2v) is 5.92. The van der Waals surface area contributed by atoms with E-state index < -0.39 is 11.6 Å². The number of carbonyl (C=O) groups is 1. The second-order valence-electron chi connectivity index (χ2n) is 5.92. The second kappa shape index (κ2) is 5.99. The zero-order chi connectivity index (χ0) is 13.9. The van der Waals surface area contributed by atoms with E-state index in [9.17, 15) is 9.90 Å². The number of aliphatic hydroxyl groups excluding tert-OH is 1. The third kappa shape index (κ3) is 3.67. The van der Waals surface area contributed by atoms with Gasteiger partial charge in [0.25, 0.3) is 0 Å². The van der Waals surface area contributed by atoms with Crippen molar-refractivity contribution in [1.82, 2.24) is 15.1 Å². The Morgan fingerprint density at radius 3 is 2.61 bits per heavy atom. The van der Waals surface area contributed by atoms with Crippen LogP contribution < -0.4 is 5.32 Å². The van der Waals surface area contributed by atoms with E-state index in [0.29, 0.717) is 13.0 Å². The van der Waals surface area contributed by atoms with Crippen molar-refractivity contribution < 1.29 is 9.90 Å². The van der Waals surface area contributed by atoms with E-state index in [0.717, 1.165) is 13.1 Å². The minimum absolute atomic E-state index is 0.0766. The van der Waals surface area contributed by atoms with Gasteiger partial charge >= 0.3 is 0 Å². The minimum atomic E-state index is -0.566. The number of rotatable bonds is 5. The Morgan fingerprint density at radius 2 is 2.11 bits per heavy atom. The summed E-state index contributed by atoms with van der Waals surface area (Å²) in [7, 11) is 3.98. The number of aliphatic hydroxyl groups is 1. The molecule has 0 aromatic rings. The van der Waals surface area contributed by atoms with Crippen LogP contribution in [0.5, 0.6) is 0 Å². The maximum absolute atomic E-state index is 12.5. The molecule has 2 unspecified atom stereocenters. The highest BCUT2D eigenvalue weighted by Crippen LogP contribution is 2.22. The number of amides is 1. The van der Waals surface area contributed by atoms with Crippen molar-refractivity contribution >= 4 is 5.91 Å². The lowest BCUT2D eigenvalue weighted by Crippen LogP contribution is -2.56. The normalized spacial score (nSPS) is 24.9. The van der Waals surface area contributed by atoms with Gasteiger partial charge < -0.3 is 20.2 Å². The van der Waals surface area contributed by atoms with Crippen LogP contribution in [0.3, 0.4) is 0 Å². The molecule has 0 saturated carbocycles. The fraction of sp³-hybridized carbons (Fsp3) is 0.923. The predicted molar refractivity (Wildman–Crippen MR) is 72.4 cm³/mol. The first-order valence-corrected chi connectivity index (χ1v) is 6.66. The Bertz CT molecular complexity index is 292. The van der Waals surface area contributed by atoms with E-state index in [1.807, 2.05) is 39.8 Å². The average Bonchev–Trinajstić information content (AvgIpc) is 2.57. The summed E-state index contributed by atoms with van der Waals surface area (Å²) in [5.74, 6) is 0.0766. The molecule has 1 heterocycles. The lowest BCUT2D eigenvalue weighted by atomic mass is 10.0. The summed E-state index contributed by atoms with van der Waals surface area (Å²) >= 11 is 0. The standard InChI is InChI=1S/C13H27N3O2/c1-6-14-13(2,3)12(18)16-9-11(17)7-10(16)8-15(4)5/h10-11,14,17H,6-9H2,1-5H3. The van der Waals surface area contributed by atoms with E-state index in [1.165, 1.54) is 0 Å². The molecule has 5 nitrogen and oxygen atoms in total. The molecule has 1 rings (SSSR count). The maximum Gasteiger partial charge on any atom is 0.242 e. The quantitative estimate of drug-likeness (QED) is 0.722. The van der Waals surface area contributed by atoms with E-state index in [1.54, 1.807) is 0 Å². The van der Waals surface area contributed by atoms with Crippen molar-refractivity contribution in [2.45, 2.75) is 44.9 Å². The van der Waals surface area contributed by atoms with Gasteiger partial charge in [0.05, 0.1) is 11.6 Å². The monoisotopic (exact) mass is 257 g/mol. The molecule has 106 valence electrons. The summed E-state index contributed by atoms with van der Waals surface area (Å²) in [5, 5.41) is 13.0. The number of hydrogen-bond donors (Lipinski definition) is 2. The largest absolute Gasteiger partial charge is 0.391 e. The topological polar surface area (TPSA) is 55.8 Å². The van der Waals surface area contributed by atoms with Crippen molar-refractivity contribution in [2.75, 3.05) is 33.7 Å². The Hall–Kier alpha value is -0.650. The van der Waals surface area contributed by atoms with Crippen LogP contribution in [-0.2, 0) is 4.79 Å². The highest BCUT2D eigenvalue weighted by Gasteiger charge is 2.40. The third-order valence-electron chi connectivity index (χ3n) is 3.38. The molecule has 1 aliphatic rings. The number of likely N-dealkylation sites (tertiary alicyclic amines) is 1. The molecule has 0 bridgehead atoms. The Morgan fingerprint density at radius 1 is 1.50 bits per heavy atom. The van der Waals surface area contributed by atoms with Gasteiger partial charge in [-0.3, -0.25) is 4.79 Å². The molecular formula is C13H27N3O2. The average molecular weight is 257 g/mol. The molecule has 2 N–H and O–H groups in total. The van der Waals surface area contributed by atoms with Crippen molar-refractivity contribution in [2.24, 2.45) is 0 Å². The zero-order valence-corrected chi connectivity index (χ0v) is 12.2. The molecule has 0 radical (unpaired) electrons. The smallest absolute Gasteiger partial charge is 0.242 e. The fourth-order valence-corrected chi connectivity index (χ4v) is 2.61. The van der Waals surface area contributed by atoms with E-state index in [4.69, 9.17) is 0 Å². The summed E-state index contributed by atoms with van der Waals surface area (Å²) in [6.45, 7) is 7.79. The SMILES string of the molecule is CCNC(C)(C)C(=O)N1CC(O)CC1CN(C)C. The van der Waals surface area contributed by atoms with Crippen LogP contribution in [0.15, 0.2) is 0 Å². The van der Waals surface area contributed by atoms with Crippen LogP contribution in [0, 0.1) is 0 Å². The molecule has 0 aromatic carbocycles. The van der Waals surface area contributed by atoms with Gasteiger partial charge in [-0.1, -0.05) is 6.92 Å². The fourth-order valence-electron chi connectivity index (χ4n) is 2.61. The van der Waals surface area contributed by atoms with Gasteiger partial charge in [-0.05, 0) is 40.9 Å². The van der Waals surface area contributed by atoms with Crippen LogP contribution in [-0.4, -0.2) is 72.2 Å². The number of nitrogens with zero attached hydrogens (tertiary/aromatic N) is 2. The third-order valence-corrected chi connectivity index (χ3v) is 3.38. The molecular weight excluding hydrogens is 230 g/mol. The van der Waals surface area contributed by atoms with Gasteiger partial charge in [0.2, 0.25) is 5.91 Å². The molecule has 0 aromatic heterocycles.